The Hall–Kier alpha value is -1.32. The Bertz CT molecular complexity index is 543. The van der Waals surface area contributed by atoms with Crippen LogP contribution in [0.3, 0.4) is 0 Å². The Labute approximate surface area is 109 Å². The van der Waals surface area contributed by atoms with Gasteiger partial charge < -0.3 is 5.73 Å². The first-order chi connectivity index (χ1) is 8.69. The van der Waals surface area contributed by atoms with Crippen LogP contribution >= 0.6 is 0 Å². The third-order valence-corrected chi connectivity index (χ3v) is 3.39. The largest absolute Gasteiger partial charge is 0.416 e. The fourth-order valence-electron chi connectivity index (χ4n) is 1.41. The van der Waals surface area contributed by atoms with E-state index in [1.54, 1.807) is 6.92 Å². The number of alkyl halides is 3. The van der Waals surface area contributed by atoms with Gasteiger partial charge in [-0.2, -0.15) is 26.3 Å². The van der Waals surface area contributed by atoms with Gasteiger partial charge in [0, 0.05) is 13.1 Å². The highest BCUT2D eigenvalue weighted by Gasteiger charge is 2.31. The number of halogens is 3. The summed E-state index contributed by atoms with van der Waals surface area (Å²) in [5.41, 5.74) is 4.55. The van der Waals surface area contributed by atoms with E-state index < -0.39 is 21.9 Å². The summed E-state index contributed by atoms with van der Waals surface area (Å²) in [6.45, 7) is 1.53. The summed E-state index contributed by atoms with van der Waals surface area (Å²) < 4.78 is 64.7. The average Bonchev–Trinajstić information content (AvgIpc) is 2.27. The Morgan fingerprint density at radius 2 is 1.95 bits per heavy atom. The second-order valence-corrected chi connectivity index (χ2v) is 5.18. The molecule has 0 aromatic heterocycles. The second kappa shape index (κ2) is 5.76. The number of anilines is 1. The van der Waals surface area contributed by atoms with Crippen molar-refractivity contribution in [3.05, 3.63) is 29.3 Å². The Morgan fingerprint density at radius 1 is 1.32 bits per heavy atom. The van der Waals surface area contributed by atoms with E-state index >= 15 is 0 Å². The van der Waals surface area contributed by atoms with Gasteiger partial charge in [0.2, 0.25) is 0 Å². The number of nitrogens with two attached hydrogens (primary N) is 1. The summed E-state index contributed by atoms with van der Waals surface area (Å²) >= 11 is 0. The van der Waals surface area contributed by atoms with Crippen molar-refractivity contribution < 1.29 is 21.6 Å². The minimum Gasteiger partial charge on any atom is -0.326 e. The van der Waals surface area contributed by atoms with Gasteiger partial charge in [-0.15, -0.1) is 0 Å². The molecule has 19 heavy (non-hydrogen) atoms. The van der Waals surface area contributed by atoms with E-state index in [1.807, 2.05) is 0 Å². The molecule has 1 aromatic carbocycles. The standard InChI is InChI=1S/C10H14F3N3O2S/c1-2-15-19(17,18)16-9-4-3-8(10(11,12)13)5-7(9)6-14/h3-5,15-16H,2,6,14H2,1H3. The van der Waals surface area contributed by atoms with Crippen molar-refractivity contribution >= 4 is 15.9 Å². The average molecular weight is 297 g/mol. The number of hydrogen-bond donors (Lipinski definition) is 3. The van der Waals surface area contributed by atoms with Crippen molar-refractivity contribution in [3.8, 4) is 0 Å². The quantitative estimate of drug-likeness (QED) is 0.768. The normalized spacial score (nSPS) is 12.5. The van der Waals surface area contributed by atoms with Gasteiger partial charge in [0.1, 0.15) is 0 Å². The highest BCUT2D eigenvalue weighted by molar-refractivity contribution is 7.90. The lowest BCUT2D eigenvalue weighted by atomic mass is 10.1. The highest BCUT2D eigenvalue weighted by atomic mass is 32.2. The first-order valence-corrected chi connectivity index (χ1v) is 6.85. The Morgan fingerprint density at radius 3 is 2.42 bits per heavy atom. The maximum atomic E-state index is 12.5. The number of benzene rings is 1. The lowest BCUT2D eigenvalue weighted by molar-refractivity contribution is -0.137. The summed E-state index contributed by atoms with van der Waals surface area (Å²) in [4.78, 5) is 0. The zero-order valence-electron chi connectivity index (χ0n) is 10.1. The molecule has 0 heterocycles. The van der Waals surface area contributed by atoms with Crippen LogP contribution in [0.5, 0.6) is 0 Å². The molecule has 0 fully saturated rings. The van der Waals surface area contributed by atoms with E-state index in [0.717, 1.165) is 18.2 Å². The molecule has 0 amide bonds. The van der Waals surface area contributed by atoms with Crippen LogP contribution in [0.2, 0.25) is 0 Å². The molecule has 0 aliphatic carbocycles. The highest BCUT2D eigenvalue weighted by Crippen LogP contribution is 2.31. The van der Waals surface area contributed by atoms with Crippen molar-refractivity contribution in [3.63, 3.8) is 0 Å². The minimum atomic E-state index is -4.50. The fraction of sp³-hybridized carbons (Fsp3) is 0.400. The SMILES string of the molecule is CCNS(=O)(=O)Nc1ccc(C(F)(F)F)cc1CN. The summed E-state index contributed by atoms with van der Waals surface area (Å²) in [7, 11) is -3.80. The van der Waals surface area contributed by atoms with E-state index in [9.17, 15) is 21.6 Å². The lowest BCUT2D eigenvalue weighted by Gasteiger charge is -2.14. The first kappa shape index (κ1) is 15.7. The van der Waals surface area contributed by atoms with E-state index in [0.29, 0.717) is 0 Å². The van der Waals surface area contributed by atoms with E-state index in [-0.39, 0.29) is 24.3 Å². The number of nitrogens with one attached hydrogen (secondary N) is 2. The first-order valence-electron chi connectivity index (χ1n) is 5.37. The van der Waals surface area contributed by atoms with Crippen molar-refractivity contribution in [2.24, 2.45) is 5.73 Å². The minimum absolute atomic E-state index is 0.0245. The predicted molar refractivity (Wildman–Crippen MR) is 65.6 cm³/mol. The summed E-state index contributed by atoms with van der Waals surface area (Å²) in [5, 5.41) is 0. The molecule has 0 unspecified atom stereocenters. The monoisotopic (exact) mass is 297 g/mol. The molecule has 0 radical (unpaired) electrons. The van der Waals surface area contributed by atoms with Gasteiger partial charge in [0.25, 0.3) is 10.2 Å². The van der Waals surface area contributed by atoms with Gasteiger partial charge in [0.05, 0.1) is 11.3 Å². The number of hydrogen-bond acceptors (Lipinski definition) is 3. The molecule has 108 valence electrons. The van der Waals surface area contributed by atoms with Crippen LogP contribution in [0.4, 0.5) is 18.9 Å². The van der Waals surface area contributed by atoms with Crippen molar-refractivity contribution in [2.45, 2.75) is 19.6 Å². The maximum Gasteiger partial charge on any atom is 0.416 e. The van der Waals surface area contributed by atoms with Crippen LogP contribution < -0.4 is 15.2 Å². The smallest absolute Gasteiger partial charge is 0.326 e. The molecule has 4 N–H and O–H groups in total. The molecule has 5 nitrogen and oxygen atoms in total. The molecule has 9 heteroatoms. The summed E-state index contributed by atoms with van der Waals surface area (Å²) in [6, 6.07) is 2.66. The van der Waals surface area contributed by atoms with Gasteiger partial charge in [0.15, 0.2) is 0 Å². The van der Waals surface area contributed by atoms with Crippen LogP contribution in [-0.4, -0.2) is 15.0 Å². The molecule has 0 aliphatic heterocycles. The third kappa shape index (κ3) is 4.37. The molecule has 0 aliphatic rings. The predicted octanol–water partition coefficient (Wildman–Crippen LogP) is 1.43. The zero-order chi connectivity index (χ0) is 14.7. The van der Waals surface area contributed by atoms with Crippen LogP contribution in [0.15, 0.2) is 18.2 Å². The third-order valence-electron chi connectivity index (χ3n) is 2.23. The lowest BCUT2D eigenvalue weighted by Crippen LogP contribution is -2.30. The van der Waals surface area contributed by atoms with Crippen LogP contribution in [-0.2, 0) is 22.9 Å². The summed E-state index contributed by atoms with van der Waals surface area (Å²) in [6.07, 6.45) is -4.50. The zero-order valence-corrected chi connectivity index (χ0v) is 10.9. The maximum absolute atomic E-state index is 12.5. The Balaban J connectivity index is 3.10. The molecular formula is C10H14F3N3O2S. The van der Waals surface area contributed by atoms with Gasteiger partial charge >= 0.3 is 6.18 Å². The number of rotatable bonds is 5. The molecule has 1 rings (SSSR count). The van der Waals surface area contributed by atoms with Gasteiger partial charge in [-0.1, -0.05) is 6.92 Å². The van der Waals surface area contributed by atoms with E-state index in [1.165, 1.54) is 0 Å². The van der Waals surface area contributed by atoms with E-state index in [4.69, 9.17) is 5.73 Å². The van der Waals surface area contributed by atoms with Crippen molar-refractivity contribution in [1.82, 2.24) is 4.72 Å². The molecule has 1 aromatic rings. The summed E-state index contributed by atoms with van der Waals surface area (Å²) in [5.74, 6) is 0. The second-order valence-electron chi connectivity index (χ2n) is 3.68. The van der Waals surface area contributed by atoms with Crippen LogP contribution in [0.25, 0.3) is 0 Å². The fourth-order valence-corrected chi connectivity index (χ4v) is 2.35. The topological polar surface area (TPSA) is 84.2 Å². The van der Waals surface area contributed by atoms with Crippen LogP contribution in [0, 0.1) is 0 Å². The molecule has 0 bridgehead atoms. The molecule has 0 saturated heterocycles. The van der Waals surface area contributed by atoms with Crippen molar-refractivity contribution in [1.29, 1.82) is 0 Å². The van der Waals surface area contributed by atoms with E-state index in [2.05, 4.69) is 9.44 Å². The van der Waals surface area contributed by atoms with Gasteiger partial charge in [-0.3, -0.25) is 4.72 Å². The van der Waals surface area contributed by atoms with Gasteiger partial charge in [-0.25, -0.2) is 0 Å². The van der Waals surface area contributed by atoms with Crippen LogP contribution in [0.1, 0.15) is 18.1 Å². The van der Waals surface area contributed by atoms with Crippen molar-refractivity contribution in [2.75, 3.05) is 11.3 Å². The molecule has 0 spiro atoms. The molecule has 0 atom stereocenters. The Kier molecular flexibility index (Phi) is 4.77. The molecule has 0 saturated carbocycles. The van der Waals surface area contributed by atoms with Gasteiger partial charge in [-0.05, 0) is 23.8 Å². The molecular weight excluding hydrogens is 283 g/mol.